The van der Waals surface area contributed by atoms with Crippen LogP contribution < -0.4 is 4.90 Å². The number of para-hydroxylation sites is 1. The second kappa shape index (κ2) is 5.44. The minimum absolute atomic E-state index is 0.240. The number of ketones is 1. The van der Waals surface area contributed by atoms with Gasteiger partial charge in [0.2, 0.25) is 0 Å². The molecule has 100 valence electrons. The molecule has 0 radical (unpaired) electrons. The van der Waals surface area contributed by atoms with Crippen molar-refractivity contribution in [3.63, 3.8) is 0 Å². The van der Waals surface area contributed by atoms with Crippen molar-refractivity contribution in [1.82, 2.24) is 0 Å². The van der Waals surface area contributed by atoms with Crippen LogP contribution in [-0.4, -0.2) is 18.9 Å². The van der Waals surface area contributed by atoms with Crippen molar-refractivity contribution in [3.05, 3.63) is 29.8 Å². The van der Waals surface area contributed by atoms with Gasteiger partial charge in [0.05, 0.1) is 11.5 Å². The lowest BCUT2D eigenvalue weighted by Crippen LogP contribution is -2.33. The first-order valence-corrected chi connectivity index (χ1v) is 6.82. The molecule has 0 saturated carbocycles. The first-order valence-electron chi connectivity index (χ1n) is 6.82. The monoisotopic (exact) mass is 256 g/mol. The Morgan fingerprint density at radius 3 is 2.84 bits per heavy atom. The Labute approximate surface area is 114 Å². The Kier molecular flexibility index (Phi) is 3.90. The van der Waals surface area contributed by atoms with Gasteiger partial charge in [-0.05, 0) is 38.8 Å². The highest BCUT2D eigenvalue weighted by atomic mass is 16.1. The summed E-state index contributed by atoms with van der Waals surface area (Å²) >= 11 is 0. The predicted molar refractivity (Wildman–Crippen MR) is 76.2 cm³/mol. The van der Waals surface area contributed by atoms with Crippen LogP contribution in [0.1, 0.15) is 43.5 Å². The minimum atomic E-state index is -0.259. The summed E-state index contributed by atoms with van der Waals surface area (Å²) in [6.45, 7) is 5.65. The fraction of sp³-hybridized carbons (Fsp3) is 0.500. The topological polar surface area (TPSA) is 44.1 Å². The molecule has 0 aromatic heterocycles. The summed E-state index contributed by atoms with van der Waals surface area (Å²) in [6.07, 6.45) is 2.46. The number of carbonyl (C=O) groups is 1. The molecule has 0 N–H and O–H groups in total. The van der Waals surface area contributed by atoms with Gasteiger partial charge in [-0.15, -0.1) is 0 Å². The number of nitriles is 1. The van der Waals surface area contributed by atoms with Gasteiger partial charge in [0, 0.05) is 30.8 Å². The maximum atomic E-state index is 11.8. The summed E-state index contributed by atoms with van der Waals surface area (Å²) in [4.78, 5) is 14.1. The van der Waals surface area contributed by atoms with E-state index in [-0.39, 0.29) is 11.2 Å². The first kappa shape index (κ1) is 13.6. The summed E-state index contributed by atoms with van der Waals surface area (Å²) in [6, 6.07) is 10.1. The Morgan fingerprint density at radius 1 is 1.37 bits per heavy atom. The molecule has 19 heavy (non-hydrogen) atoms. The van der Waals surface area contributed by atoms with E-state index in [4.69, 9.17) is 5.26 Å². The zero-order valence-corrected chi connectivity index (χ0v) is 11.6. The lowest BCUT2D eigenvalue weighted by atomic mass is 9.89. The van der Waals surface area contributed by atoms with E-state index in [1.807, 2.05) is 38.1 Å². The molecule has 0 spiro atoms. The second-order valence-corrected chi connectivity index (χ2v) is 5.78. The Hall–Kier alpha value is -1.82. The molecular weight excluding hydrogens is 236 g/mol. The van der Waals surface area contributed by atoms with Gasteiger partial charge < -0.3 is 4.90 Å². The van der Waals surface area contributed by atoms with Crippen LogP contribution in [0.2, 0.25) is 0 Å². The number of nitrogens with zero attached hydrogens (tertiary/aromatic N) is 2. The van der Waals surface area contributed by atoms with E-state index in [9.17, 15) is 4.79 Å². The maximum absolute atomic E-state index is 11.8. The lowest BCUT2D eigenvalue weighted by Gasteiger charge is -2.31. The smallest absolute Gasteiger partial charge is 0.166 e. The summed E-state index contributed by atoms with van der Waals surface area (Å²) in [7, 11) is 0. The zero-order valence-electron chi connectivity index (χ0n) is 11.6. The molecule has 3 nitrogen and oxygen atoms in total. The van der Waals surface area contributed by atoms with Crippen molar-refractivity contribution in [3.8, 4) is 6.07 Å². The maximum Gasteiger partial charge on any atom is 0.166 e. The molecule has 0 saturated heterocycles. The highest BCUT2D eigenvalue weighted by Gasteiger charge is 2.23. The molecule has 0 unspecified atom stereocenters. The number of hydrogen-bond acceptors (Lipinski definition) is 3. The highest BCUT2D eigenvalue weighted by Crippen LogP contribution is 2.28. The fourth-order valence-corrected chi connectivity index (χ4v) is 2.48. The number of carbonyl (C=O) groups excluding carboxylic acids is 1. The third-order valence-electron chi connectivity index (χ3n) is 3.69. The number of hydrogen-bond donors (Lipinski definition) is 0. The molecule has 3 heteroatoms. The van der Waals surface area contributed by atoms with Crippen molar-refractivity contribution >= 4 is 11.5 Å². The zero-order chi connectivity index (χ0) is 13.9. The van der Waals surface area contributed by atoms with Crippen LogP contribution in [0.5, 0.6) is 0 Å². The van der Waals surface area contributed by atoms with E-state index in [0.717, 1.165) is 37.2 Å². The van der Waals surface area contributed by atoms with Gasteiger partial charge in [0.15, 0.2) is 5.78 Å². The van der Waals surface area contributed by atoms with Crippen LogP contribution in [0.3, 0.4) is 0 Å². The predicted octanol–water partition coefficient (Wildman–Crippen LogP) is 3.41. The fourth-order valence-electron chi connectivity index (χ4n) is 2.48. The van der Waals surface area contributed by atoms with E-state index in [1.165, 1.54) is 0 Å². The normalized spacial score (nSPS) is 15.0. The molecule has 2 rings (SSSR count). The van der Waals surface area contributed by atoms with Gasteiger partial charge in [-0.3, -0.25) is 4.79 Å². The third-order valence-corrected chi connectivity index (χ3v) is 3.69. The van der Waals surface area contributed by atoms with Crippen LogP contribution in [0.4, 0.5) is 5.69 Å². The van der Waals surface area contributed by atoms with E-state index in [2.05, 4.69) is 11.0 Å². The summed E-state index contributed by atoms with van der Waals surface area (Å²) < 4.78 is 0. The Morgan fingerprint density at radius 2 is 2.11 bits per heavy atom. The molecule has 0 fully saturated rings. The van der Waals surface area contributed by atoms with Crippen molar-refractivity contribution in [1.29, 1.82) is 5.26 Å². The van der Waals surface area contributed by atoms with Crippen molar-refractivity contribution in [2.45, 2.75) is 33.1 Å². The van der Waals surface area contributed by atoms with Gasteiger partial charge in [-0.25, -0.2) is 0 Å². The van der Waals surface area contributed by atoms with Gasteiger partial charge in [-0.2, -0.15) is 5.26 Å². The van der Waals surface area contributed by atoms with Gasteiger partial charge in [-0.1, -0.05) is 12.1 Å². The molecule has 1 aliphatic heterocycles. The molecule has 1 aromatic carbocycles. The van der Waals surface area contributed by atoms with Crippen molar-refractivity contribution < 1.29 is 4.79 Å². The van der Waals surface area contributed by atoms with Gasteiger partial charge >= 0.3 is 0 Å². The Balaban J connectivity index is 2.02. The largest absolute Gasteiger partial charge is 0.370 e. The summed E-state index contributed by atoms with van der Waals surface area (Å²) in [5.74, 6) is 0.240. The second-order valence-electron chi connectivity index (χ2n) is 5.78. The highest BCUT2D eigenvalue weighted by molar-refractivity contribution is 6.03. The summed E-state index contributed by atoms with van der Waals surface area (Å²) in [5.41, 5.74) is 1.63. The SMILES string of the molecule is CC(C)(C#N)CCCN1CCC(=O)c2ccccc21. The third kappa shape index (κ3) is 3.14. The van der Waals surface area contributed by atoms with Crippen LogP contribution in [0.25, 0.3) is 0 Å². The van der Waals surface area contributed by atoms with Crippen molar-refractivity contribution in [2.75, 3.05) is 18.0 Å². The lowest BCUT2D eigenvalue weighted by molar-refractivity contribution is 0.0980. The summed E-state index contributed by atoms with van der Waals surface area (Å²) in [5, 5.41) is 9.02. The average Bonchev–Trinajstić information content (AvgIpc) is 2.42. The number of fused-ring (bicyclic) bond motifs is 1. The van der Waals surface area contributed by atoms with Gasteiger partial charge in [0.1, 0.15) is 0 Å². The van der Waals surface area contributed by atoms with Crippen LogP contribution in [-0.2, 0) is 0 Å². The number of benzene rings is 1. The quantitative estimate of drug-likeness (QED) is 0.829. The van der Waals surface area contributed by atoms with E-state index >= 15 is 0 Å². The van der Waals surface area contributed by atoms with Crippen molar-refractivity contribution in [2.24, 2.45) is 5.41 Å². The molecule has 1 aromatic rings. The van der Waals surface area contributed by atoms with E-state index in [0.29, 0.717) is 6.42 Å². The average molecular weight is 256 g/mol. The minimum Gasteiger partial charge on any atom is -0.370 e. The van der Waals surface area contributed by atoms with Crippen LogP contribution >= 0.6 is 0 Å². The molecule has 1 aliphatic rings. The standard InChI is InChI=1S/C16H20N2O/c1-16(2,12-17)9-5-10-18-11-8-15(19)13-6-3-4-7-14(13)18/h3-4,6-7H,5,8-11H2,1-2H3. The molecule has 0 aliphatic carbocycles. The van der Waals surface area contributed by atoms with Crippen LogP contribution in [0.15, 0.2) is 24.3 Å². The number of Topliss-reactive ketones (excluding diaryl/α,β-unsaturated/α-hetero) is 1. The van der Waals surface area contributed by atoms with E-state index in [1.54, 1.807) is 0 Å². The Bertz CT molecular complexity index is 514. The first-order chi connectivity index (χ1) is 9.03. The number of anilines is 1. The van der Waals surface area contributed by atoms with Crippen LogP contribution in [0, 0.1) is 16.7 Å². The molecular formula is C16H20N2O. The molecule has 0 amide bonds. The van der Waals surface area contributed by atoms with E-state index < -0.39 is 0 Å². The molecule has 0 bridgehead atoms. The van der Waals surface area contributed by atoms with Gasteiger partial charge in [0.25, 0.3) is 0 Å². The number of rotatable bonds is 4. The molecule has 0 atom stereocenters. The molecule has 1 heterocycles.